The van der Waals surface area contributed by atoms with Crippen LogP contribution in [0.2, 0.25) is 0 Å². The van der Waals surface area contributed by atoms with E-state index in [0.29, 0.717) is 11.8 Å². The molecule has 3 rings (SSSR count). The number of nitrogens with two attached hydrogens (primary N) is 1. The molecular weight excluding hydrogens is 248 g/mol. The van der Waals surface area contributed by atoms with Gasteiger partial charge in [0.25, 0.3) is 0 Å². The van der Waals surface area contributed by atoms with Crippen LogP contribution in [0.1, 0.15) is 42.9 Å². The lowest BCUT2D eigenvalue weighted by Crippen LogP contribution is -2.26. The smallest absolute Gasteiger partial charge is 0.140 e. The summed E-state index contributed by atoms with van der Waals surface area (Å²) in [6.45, 7) is 3.96. The Kier molecular flexibility index (Phi) is 3.83. The van der Waals surface area contributed by atoms with E-state index in [-0.39, 0.29) is 0 Å². The fraction of sp³-hybridized carbons (Fsp3) is 0.500. The maximum atomic E-state index is 5.79. The zero-order chi connectivity index (χ0) is 13.9. The summed E-state index contributed by atoms with van der Waals surface area (Å²) in [6, 6.07) is 10.6. The topological polar surface area (TPSA) is 56.7 Å². The molecule has 0 bridgehead atoms. The molecule has 1 aliphatic rings. The molecule has 0 amide bonds. The second kappa shape index (κ2) is 5.75. The van der Waals surface area contributed by atoms with Crippen LogP contribution in [0.4, 0.5) is 0 Å². The number of benzene rings is 1. The molecule has 1 aromatic carbocycles. The van der Waals surface area contributed by atoms with Gasteiger partial charge in [0.2, 0.25) is 0 Å². The van der Waals surface area contributed by atoms with Crippen molar-refractivity contribution in [2.24, 2.45) is 11.7 Å². The fourth-order valence-corrected chi connectivity index (χ4v) is 3.13. The van der Waals surface area contributed by atoms with E-state index in [1.165, 1.54) is 5.56 Å². The van der Waals surface area contributed by atoms with E-state index in [0.717, 1.165) is 44.0 Å². The Labute approximate surface area is 120 Å². The molecule has 20 heavy (non-hydrogen) atoms. The van der Waals surface area contributed by atoms with Crippen molar-refractivity contribution in [3.63, 3.8) is 0 Å². The van der Waals surface area contributed by atoms with E-state index in [9.17, 15) is 0 Å². The molecule has 2 heterocycles. The van der Waals surface area contributed by atoms with Crippen molar-refractivity contribution in [3.05, 3.63) is 47.5 Å². The number of hydrogen-bond acceptors (Lipinski definition) is 3. The summed E-state index contributed by atoms with van der Waals surface area (Å²) in [5, 5.41) is 8.89. The van der Waals surface area contributed by atoms with Gasteiger partial charge in [-0.25, -0.2) is 0 Å². The molecule has 0 radical (unpaired) electrons. The average Bonchev–Trinajstić information content (AvgIpc) is 2.92. The number of nitrogens with zero attached hydrogens (tertiary/aromatic N) is 3. The predicted molar refractivity (Wildman–Crippen MR) is 79.5 cm³/mol. The van der Waals surface area contributed by atoms with Gasteiger partial charge in [-0.15, -0.1) is 10.2 Å². The lowest BCUT2D eigenvalue weighted by molar-refractivity contribution is 0.381. The van der Waals surface area contributed by atoms with Crippen LogP contribution in [0.5, 0.6) is 0 Å². The van der Waals surface area contributed by atoms with Gasteiger partial charge in [-0.2, -0.15) is 0 Å². The van der Waals surface area contributed by atoms with E-state index in [1.54, 1.807) is 0 Å². The predicted octanol–water partition coefficient (Wildman–Crippen LogP) is 2.34. The molecule has 0 aliphatic carbocycles. The minimum atomic E-state index is 0.340. The van der Waals surface area contributed by atoms with Crippen molar-refractivity contribution >= 4 is 0 Å². The first-order chi connectivity index (χ1) is 9.83. The molecule has 2 N–H and O–H groups in total. The zero-order valence-corrected chi connectivity index (χ0v) is 12.0. The van der Waals surface area contributed by atoms with Crippen LogP contribution in [0, 0.1) is 5.92 Å². The molecule has 4 nitrogen and oxygen atoms in total. The zero-order valence-electron chi connectivity index (χ0n) is 12.0. The third-order valence-electron chi connectivity index (χ3n) is 4.34. The van der Waals surface area contributed by atoms with Crippen LogP contribution in [-0.4, -0.2) is 21.3 Å². The van der Waals surface area contributed by atoms with Gasteiger partial charge in [0.1, 0.15) is 11.6 Å². The third-order valence-corrected chi connectivity index (χ3v) is 4.34. The monoisotopic (exact) mass is 270 g/mol. The van der Waals surface area contributed by atoms with Crippen LogP contribution in [-0.2, 0) is 13.0 Å². The molecule has 0 saturated heterocycles. The molecule has 0 fully saturated rings. The molecular formula is C16H22N4. The van der Waals surface area contributed by atoms with Gasteiger partial charge in [-0.05, 0) is 30.9 Å². The van der Waals surface area contributed by atoms with Crippen molar-refractivity contribution < 1.29 is 0 Å². The standard InChI is InChI=1S/C16H22N4/c1-2-14(13-6-4-3-5-7-13)16-19-18-15-10-12(11-17)8-9-20(15)16/h3-7,12,14H,2,8-11,17H2,1H3. The van der Waals surface area contributed by atoms with E-state index in [1.807, 2.05) is 0 Å². The number of fused-ring (bicyclic) bond motifs is 1. The van der Waals surface area contributed by atoms with Crippen LogP contribution in [0.15, 0.2) is 30.3 Å². The molecule has 2 aromatic rings. The van der Waals surface area contributed by atoms with E-state index in [2.05, 4.69) is 52.0 Å². The van der Waals surface area contributed by atoms with Gasteiger partial charge in [-0.3, -0.25) is 0 Å². The first kappa shape index (κ1) is 13.3. The van der Waals surface area contributed by atoms with Gasteiger partial charge in [0.05, 0.1) is 0 Å². The summed E-state index contributed by atoms with van der Waals surface area (Å²) in [4.78, 5) is 0. The Bertz CT molecular complexity index is 561. The Morgan fingerprint density at radius 1 is 1.30 bits per heavy atom. The van der Waals surface area contributed by atoms with E-state index < -0.39 is 0 Å². The molecule has 4 heteroatoms. The van der Waals surface area contributed by atoms with Gasteiger partial charge in [-0.1, -0.05) is 37.3 Å². The molecule has 106 valence electrons. The van der Waals surface area contributed by atoms with Gasteiger partial charge >= 0.3 is 0 Å². The SMILES string of the molecule is CCC(c1ccccc1)c1nnc2n1CCC(CN)C2. The summed E-state index contributed by atoms with van der Waals surface area (Å²) in [7, 11) is 0. The van der Waals surface area contributed by atoms with Crippen molar-refractivity contribution in [2.75, 3.05) is 6.54 Å². The summed E-state index contributed by atoms with van der Waals surface area (Å²) in [5.41, 5.74) is 7.11. The first-order valence-electron chi connectivity index (χ1n) is 7.50. The Hall–Kier alpha value is -1.68. The third kappa shape index (κ3) is 2.36. The maximum Gasteiger partial charge on any atom is 0.140 e. The number of hydrogen-bond donors (Lipinski definition) is 1. The lowest BCUT2D eigenvalue weighted by Gasteiger charge is -2.24. The van der Waals surface area contributed by atoms with Crippen molar-refractivity contribution in [2.45, 2.75) is 38.6 Å². The lowest BCUT2D eigenvalue weighted by atomic mass is 9.94. The largest absolute Gasteiger partial charge is 0.330 e. The fourth-order valence-electron chi connectivity index (χ4n) is 3.13. The summed E-state index contributed by atoms with van der Waals surface area (Å²) < 4.78 is 2.31. The van der Waals surface area contributed by atoms with Crippen LogP contribution >= 0.6 is 0 Å². The highest BCUT2D eigenvalue weighted by atomic mass is 15.3. The highest BCUT2D eigenvalue weighted by Crippen LogP contribution is 2.29. The molecule has 1 aliphatic heterocycles. The Balaban J connectivity index is 1.93. The van der Waals surface area contributed by atoms with Crippen molar-refractivity contribution in [1.82, 2.24) is 14.8 Å². The minimum absolute atomic E-state index is 0.340. The van der Waals surface area contributed by atoms with E-state index in [4.69, 9.17) is 5.73 Å². The van der Waals surface area contributed by atoms with Gasteiger partial charge < -0.3 is 10.3 Å². The minimum Gasteiger partial charge on any atom is -0.330 e. The Morgan fingerprint density at radius 3 is 2.80 bits per heavy atom. The van der Waals surface area contributed by atoms with Crippen LogP contribution in [0.3, 0.4) is 0 Å². The summed E-state index contributed by atoms with van der Waals surface area (Å²) >= 11 is 0. The molecule has 0 spiro atoms. The van der Waals surface area contributed by atoms with Crippen LogP contribution < -0.4 is 5.73 Å². The normalized spacial score (nSPS) is 19.6. The van der Waals surface area contributed by atoms with Crippen molar-refractivity contribution in [1.29, 1.82) is 0 Å². The second-order valence-electron chi connectivity index (χ2n) is 5.59. The average molecular weight is 270 g/mol. The molecule has 0 saturated carbocycles. The van der Waals surface area contributed by atoms with Crippen molar-refractivity contribution in [3.8, 4) is 0 Å². The highest BCUT2D eigenvalue weighted by molar-refractivity contribution is 5.26. The highest BCUT2D eigenvalue weighted by Gasteiger charge is 2.26. The molecule has 2 unspecified atom stereocenters. The first-order valence-corrected chi connectivity index (χ1v) is 7.50. The second-order valence-corrected chi connectivity index (χ2v) is 5.59. The molecule has 2 atom stereocenters. The number of aromatic nitrogens is 3. The van der Waals surface area contributed by atoms with Crippen LogP contribution in [0.25, 0.3) is 0 Å². The Morgan fingerprint density at radius 2 is 2.10 bits per heavy atom. The van der Waals surface area contributed by atoms with E-state index >= 15 is 0 Å². The summed E-state index contributed by atoms with van der Waals surface area (Å²) in [5.74, 6) is 3.13. The molecule has 1 aromatic heterocycles. The maximum absolute atomic E-state index is 5.79. The van der Waals surface area contributed by atoms with Gasteiger partial charge in [0.15, 0.2) is 0 Å². The quantitative estimate of drug-likeness (QED) is 0.927. The van der Waals surface area contributed by atoms with Gasteiger partial charge in [0, 0.05) is 18.9 Å². The summed E-state index contributed by atoms with van der Waals surface area (Å²) in [6.07, 6.45) is 3.15. The number of rotatable bonds is 4.